The second-order valence-corrected chi connectivity index (χ2v) is 5.02. The molecule has 19 heavy (non-hydrogen) atoms. The molecular weight excluding hydrogens is 284 g/mol. The fourth-order valence-electron chi connectivity index (χ4n) is 2.04. The summed E-state index contributed by atoms with van der Waals surface area (Å²) >= 11 is 12.2. The molecule has 0 aliphatic heterocycles. The van der Waals surface area contributed by atoms with Crippen LogP contribution in [0, 0.1) is 5.82 Å². The van der Waals surface area contributed by atoms with Crippen LogP contribution in [0.1, 0.15) is 24.1 Å². The average Bonchev–Trinajstić information content (AvgIpc) is 2.40. The van der Waals surface area contributed by atoms with E-state index < -0.39 is 0 Å². The van der Waals surface area contributed by atoms with E-state index in [0.717, 1.165) is 5.56 Å². The maximum atomic E-state index is 14.0. The minimum atomic E-state index is -0.308. The molecule has 0 saturated carbocycles. The minimum Gasteiger partial charge on any atom is -0.306 e. The standard InChI is InChI=1S/C15H14Cl2FN/c1-2-19-15(11-5-3-4-6-13(11)17)12-9-10(16)7-8-14(12)18/h3-9,15,19H,2H2,1H3. The van der Waals surface area contributed by atoms with Crippen molar-refractivity contribution >= 4 is 23.2 Å². The summed E-state index contributed by atoms with van der Waals surface area (Å²) in [5.41, 5.74) is 1.34. The Morgan fingerprint density at radius 1 is 1.11 bits per heavy atom. The molecule has 0 aromatic heterocycles. The van der Waals surface area contributed by atoms with E-state index in [2.05, 4.69) is 5.32 Å². The first-order valence-electron chi connectivity index (χ1n) is 6.06. The third-order valence-corrected chi connectivity index (χ3v) is 3.47. The van der Waals surface area contributed by atoms with Crippen molar-refractivity contribution in [3.05, 3.63) is 69.5 Å². The van der Waals surface area contributed by atoms with E-state index in [0.29, 0.717) is 22.2 Å². The van der Waals surface area contributed by atoms with Crippen molar-refractivity contribution in [2.75, 3.05) is 6.54 Å². The number of nitrogens with one attached hydrogen (secondary N) is 1. The largest absolute Gasteiger partial charge is 0.306 e. The molecule has 2 aromatic rings. The summed E-state index contributed by atoms with van der Waals surface area (Å²) in [6, 6.07) is 11.6. The Morgan fingerprint density at radius 2 is 1.84 bits per heavy atom. The van der Waals surface area contributed by atoms with Crippen molar-refractivity contribution in [2.45, 2.75) is 13.0 Å². The lowest BCUT2D eigenvalue weighted by Gasteiger charge is -2.21. The molecule has 0 aliphatic carbocycles. The van der Waals surface area contributed by atoms with E-state index in [1.165, 1.54) is 12.1 Å². The lowest BCUT2D eigenvalue weighted by atomic mass is 9.98. The predicted octanol–water partition coefficient (Wildman–Crippen LogP) is 4.83. The Hall–Kier alpha value is -1.09. The molecule has 2 aromatic carbocycles. The third kappa shape index (κ3) is 3.27. The number of halogens is 3. The molecule has 0 bridgehead atoms. The highest BCUT2D eigenvalue weighted by molar-refractivity contribution is 6.31. The van der Waals surface area contributed by atoms with Crippen LogP contribution in [0.2, 0.25) is 10.0 Å². The monoisotopic (exact) mass is 297 g/mol. The summed E-state index contributed by atoms with van der Waals surface area (Å²) in [6.45, 7) is 2.66. The second-order valence-electron chi connectivity index (χ2n) is 4.18. The van der Waals surface area contributed by atoms with E-state index in [9.17, 15) is 4.39 Å². The van der Waals surface area contributed by atoms with Gasteiger partial charge in [-0.2, -0.15) is 0 Å². The molecule has 1 N–H and O–H groups in total. The van der Waals surface area contributed by atoms with Gasteiger partial charge in [-0.15, -0.1) is 0 Å². The van der Waals surface area contributed by atoms with Gasteiger partial charge in [0.05, 0.1) is 6.04 Å². The number of hydrogen-bond donors (Lipinski definition) is 1. The number of rotatable bonds is 4. The van der Waals surface area contributed by atoms with Crippen molar-refractivity contribution in [3.63, 3.8) is 0 Å². The molecule has 4 heteroatoms. The molecule has 100 valence electrons. The van der Waals surface area contributed by atoms with E-state index in [1.54, 1.807) is 12.1 Å². The zero-order chi connectivity index (χ0) is 13.8. The SMILES string of the molecule is CCNC(c1cc(Cl)ccc1F)c1ccccc1Cl. The maximum Gasteiger partial charge on any atom is 0.128 e. The molecule has 0 heterocycles. The number of benzene rings is 2. The molecule has 1 nitrogen and oxygen atoms in total. The first kappa shape index (κ1) is 14.3. The lowest BCUT2D eigenvalue weighted by molar-refractivity contribution is 0.559. The van der Waals surface area contributed by atoms with Crippen molar-refractivity contribution in [1.82, 2.24) is 5.32 Å². The summed E-state index contributed by atoms with van der Waals surface area (Å²) in [4.78, 5) is 0. The Bertz CT molecular complexity index is 572. The highest BCUT2D eigenvalue weighted by Gasteiger charge is 2.19. The van der Waals surface area contributed by atoms with Crippen LogP contribution < -0.4 is 5.32 Å². The number of hydrogen-bond acceptors (Lipinski definition) is 1. The van der Waals surface area contributed by atoms with Crippen LogP contribution in [0.15, 0.2) is 42.5 Å². The topological polar surface area (TPSA) is 12.0 Å². The van der Waals surface area contributed by atoms with Crippen molar-refractivity contribution in [3.8, 4) is 0 Å². The molecule has 1 unspecified atom stereocenters. The van der Waals surface area contributed by atoms with Gasteiger partial charge in [0.1, 0.15) is 5.82 Å². The Kier molecular flexibility index (Phi) is 4.81. The Balaban J connectivity index is 2.51. The highest BCUT2D eigenvalue weighted by Crippen LogP contribution is 2.31. The first-order chi connectivity index (χ1) is 9.13. The van der Waals surface area contributed by atoms with Crippen LogP contribution in [0.3, 0.4) is 0 Å². The van der Waals surface area contributed by atoms with Crippen LogP contribution in [-0.4, -0.2) is 6.54 Å². The van der Waals surface area contributed by atoms with E-state index in [1.807, 2.05) is 25.1 Å². The van der Waals surface area contributed by atoms with Gasteiger partial charge >= 0.3 is 0 Å². The Labute approximate surface area is 122 Å². The van der Waals surface area contributed by atoms with Crippen molar-refractivity contribution in [1.29, 1.82) is 0 Å². The summed E-state index contributed by atoms with van der Waals surface area (Å²) in [5.74, 6) is -0.296. The molecule has 1 atom stereocenters. The van der Waals surface area contributed by atoms with Gasteiger partial charge in [0, 0.05) is 15.6 Å². The van der Waals surface area contributed by atoms with Gasteiger partial charge in [0.2, 0.25) is 0 Å². The van der Waals surface area contributed by atoms with E-state index in [4.69, 9.17) is 23.2 Å². The minimum absolute atomic E-state index is 0.296. The normalized spacial score (nSPS) is 12.4. The van der Waals surface area contributed by atoms with Crippen molar-refractivity contribution in [2.24, 2.45) is 0 Å². The average molecular weight is 298 g/mol. The lowest BCUT2D eigenvalue weighted by Crippen LogP contribution is -2.23. The van der Waals surface area contributed by atoms with Crippen LogP contribution in [0.4, 0.5) is 4.39 Å². The smallest absolute Gasteiger partial charge is 0.128 e. The summed E-state index contributed by atoms with van der Waals surface area (Å²) in [7, 11) is 0. The zero-order valence-corrected chi connectivity index (χ0v) is 12.0. The van der Waals surface area contributed by atoms with Gasteiger partial charge in [0.25, 0.3) is 0 Å². The molecule has 0 radical (unpaired) electrons. The molecular formula is C15H14Cl2FN. The maximum absolute atomic E-state index is 14.0. The third-order valence-electron chi connectivity index (χ3n) is 2.89. The van der Waals surface area contributed by atoms with Crippen LogP contribution in [-0.2, 0) is 0 Å². The fourth-order valence-corrected chi connectivity index (χ4v) is 2.46. The van der Waals surface area contributed by atoms with Gasteiger partial charge in [0.15, 0.2) is 0 Å². The highest BCUT2D eigenvalue weighted by atomic mass is 35.5. The summed E-state index contributed by atoms with van der Waals surface area (Å²) < 4.78 is 14.0. The first-order valence-corrected chi connectivity index (χ1v) is 6.81. The van der Waals surface area contributed by atoms with Gasteiger partial charge in [-0.3, -0.25) is 0 Å². The van der Waals surface area contributed by atoms with Crippen LogP contribution in [0.25, 0.3) is 0 Å². The molecule has 0 aliphatic rings. The van der Waals surface area contributed by atoms with Gasteiger partial charge in [-0.05, 0) is 36.4 Å². The molecule has 0 spiro atoms. The summed E-state index contributed by atoms with van der Waals surface area (Å²) in [6.07, 6.45) is 0. The predicted molar refractivity (Wildman–Crippen MR) is 78.4 cm³/mol. The van der Waals surface area contributed by atoms with E-state index in [-0.39, 0.29) is 11.9 Å². The Morgan fingerprint density at radius 3 is 2.53 bits per heavy atom. The fraction of sp³-hybridized carbons (Fsp3) is 0.200. The quantitative estimate of drug-likeness (QED) is 0.852. The van der Waals surface area contributed by atoms with Gasteiger partial charge in [-0.1, -0.05) is 48.3 Å². The summed E-state index contributed by atoms with van der Waals surface area (Å²) in [5, 5.41) is 4.35. The molecule has 0 saturated heterocycles. The van der Waals surface area contributed by atoms with E-state index >= 15 is 0 Å². The zero-order valence-electron chi connectivity index (χ0n) is 10.5. The second kappa shape index (κ2) is 6.38. The molecule has 0 fully saturated rings. The van der Waals surface area contributed by atoms with Crippen LogP contribution >= 0.6 is 23.2 Å². The van der Waals surface area contributed by atoms with Gasteiger partial charge in [-0.25, -0.2) is 4.39 Å². The van der Waals surface area contributed by atoms with Crippen LogP contribution in [0.5, 0.6) is 0 Å². The van der Waals surface area contributed by atoms with Gasteiger partial charge < -0.3 is 5.32 Å². The molecule has 0 amide bonds. The van der Waals surface area contributed by atoms with Crippen molar-refractivity contribution < 1.29 is 4.39 Å². The molecule has 2 rings (SSSR count).